The van der Waals surface area contributed by atoms with Gasteiger partial charge in [0.25, 0.3) is 11.5 Å². The fourth-order valence-electron chi connectivity index (χ4n) is 3.32. The largest absolute Gasteiger partial charge is 0.487 e. The van der Waals surface area contributed by atoms with Crippen LogP contribution in [0.25, 0.3) is 0 Å². The van der Waals surface area contributed by atoms with Crippen LogP contribution in [-0.2, 0) is 6.54 Å². The van der Waals surface area contributed by atoms with E-state index in [1.165, 1.54) is 4.57 Å². The fourth-order valence-corrected chi connectivity index (χ4v) is 3.32. The van der Waals surface area contributed by atoms with Crippen LogP contribution in [0.15, 0.2) is 59.8 Å². The molecule has 0 spiro atoms. The molecule has 0 saturated carbocycles. The monoisotopic (exact) mass is 421 g/mol. The second-order valence-corrected chi connectivity index (χ2v) is 7.32. The van der Waals surface area contributed by atoms with E-state index >= 15 is 0 Å². The molecule has 0 fully saturated rings. The number of fused-ring (bicyclic) bond motifs is 1. The average Bonchev–Trinajstić information content (AvgIpc) is 3.23. The number of amides is 1. The molecule has 3 aromatic rings. The molecule has 1 aliphatic heterocycles. The number of ether oxygens (including phenoxy) is 3. The Kier molecular flexibility index (Phi) is 5.88. The van der Waals surface area contributed by atoms with E-state index in [1.807, 2.05) is 25.1 Å². The number of rotatable bonds is 7. The minimum Gasteiger partial charge on any atom is -0.487 e. The Morgan fingerprint density at radius 3 is 2.90 bits per heavy atom. The number of carbonyl (C=O) groups is 1. The molecule has 8 nitrogen and oxygen atoms in total. The molecule has 0 bridgehead atoms. The fraction of sp³-hybridized carbons (Fsp3) is 0.261. The van der Waals surface area contributed by atoms with Crippen LogP contribution >= 0.6 is 0 Å². The van der Waals surface area contributed by atoms with Crippen molar-refractivity contribution in [3.63, 3.8) is 0 Å². The number of aryl methyl sites for hydroxylation is 1. The quantitative estimate of drug-likeness (QED) is 0.630. The first-order chi connectivity index (χ1) is 15.0. The van der Waals surface area contributed by atoms with E-state index in [4.69, 9.17) is 14.2 Å². The minimum atomic E-state index is -0.427. The molecule has 31 heavy (non-hydrogen) atoms. The minimum absolute atomic E-state index is 0.122. The van der Waals surface area contributed by atoms with Gasteiger partial charge in [0.2, 0.25) is 6.79 Å². The molecule has 1 N–H and O–H groups in total. The first-order valence-corrected chi connectivity index (χ1v) is 9.94. The highest BCUT2D eigenvalue weighted by Crippen LogP contribution is 2.32. The molecule has 2 aromatic heterocycles. The van der Waals surface area contributed by atoms with Gasteiger partial charge in [0, 0.05) is 12.4 Å². The van der Waals surface area contributed by atoms with Gasteiger partial charge in [-0.05, 0) is 55.3 Å². The van der Waals surface area contributed by atoms with Crippen LogP contribution in [0, 0.1) is 6.92 Å². The maximum Gasteiger partial charge on any atom is 0.263 e. The third-order valence-electron chi connectivity index (χ3n) is 4.91. The maximum absolute atomic E-state index is 13.0. The number of nitrogens with zero attached hydrogens (tertiary/aromatic N) is 2. The second kappa shape index (κ2) is 8.91. The molecule has 1 aliphatic rings. The van der Waals surface area contributed by atoms with Crippen LogP contribution in [-0.4, -0.2) is 34.9 Å². The SMILES string of the molecule is Cc1ccn(Cc2ccc3c(c2)OCO3)c(=O)c1C(=O)NCC(C)Oc1cccnc1. The Labute approximate surface area is 179 Å². The maximum atomic E-state index is 13.0. The molecule has 1 amide bonds. The lowest BCUT2D eigenvalue weighted by atomic mass is 10.1. The molecule has 1 atom stereocenters. The summed E-state index contributed by atoms with van der Waals surface area (Å²) in [5.41, 5.74) is 1.26. The number of nitrogens with one attached hydrogen (secondary N) is 1. The molecule has 160 valence electrons. The number of pyridine rings is 2. The van der Waals surface area contributed by atoms with E-state index in [9.17, 15) is 9.59 Å². The summed E-state index contributed by atoms with van der Waals surface area (Å²) in [5, 5.41) is 2.79. The third kappa shape index (κ3) is 4.69. The van der Waals surface area contributed by atoms with Gasteiger partial charge in [-0.1, -0.05) is 6.07 Å². The lowest BCUT2D eigenvalue weighted by molar-refractivity contribution is 0.0929. The number of benzene rings is 1. The van der Waals surface area contributed by atoms with Crippen LogP contribution in [0.3, 0.4) is 0 Å². The summed E-state index contributed by atoms with van der Waals surface area (Å²) in [4.78, 5) is 29.8. The van der Waals surface area contributed by atoms with Crippen molar-refractivity contribution in [2.24, 2.45) is 0 Å². The van der Waals surface area contributed by atoms with Gasteiger partial charge in [-0.15, -0.1) is 0 Å². The lowest BCUT2D eigenvalue weighted by Crippen LogP contribution is -2.38. The zero-order valence-corrected chi connectivity index (χ0v) is 17.3. The summed E-state index contributed by atoms with van der Waals surface area (Å²) < 4.78 is 17.9. The van der Waals surface area contributed by atoms with Crippen molar-refractivity contribution in [1.82, 2.24) is 14.9 Å². The van der Waals surface area contributed by atoms with E-state index in [0.29, 0.717) is 29.4 Å². The zero-order valence-electron chi connectivity index (χ0n) is 17.3. The molecular formula is C23H23N3O5. The van der Waals surface area contributed by atoms with Gasteiger partial charge >= 0.3 is 0 Å². The summed E-state index contributed by atoms with van der Waals surface area (Å²) in [6, 6.07) is 10.9. The molecule has 0 radical (unpaired) electrons. The molecule has 4 rings (SSSR count). The first kappa shape index (κ1) is 20.5. The van der Waals surface area contributed by atoms with E-state index < -0.39 is 5.91 Å². The van der Waals surface area contributed by atoms with Crippen LogP contribution in [0.4, 0.5) is 0 Å². The van der Waals surface area contributed by atoms with E-state index in [2.05, 4.69) is 10.3 Å². The lowest BCUT2D eigenvalue weighted by Gasteiger charge is -2.16. The molecule has 1 aromatic carbocycles. The van der Waals surface area contributed by atoms with Crippen LogP contribution < -0.4 is 25.1 Å². The number of hydrogen-bond acceptors (Lipinski definition) is 6. The smallest absolute Gasteiger partial charge is 0.263 e. The van der Waals surface area contributed by atoms with Crippen LogP contribution in [0.5, 0.6) is 17.2 Å². The molecule has 0 aliphatic carbocycles. The Morgan fingerprint density at radius 2 is 2.10 bits per heavy atom. The highest BCUT2D eigenvalue weighted by molar-refractivity contribution is 5.95. The van der Waals surface area contributed by atoms with Gasteiger partial charge in [0.15, 0.2) is 11.5 Å². The highest BCUT2D eigenvalue weighted by atomic mass is 16.7. The van der Waals surface area contributed by atoms with Gasteiger partial charge in [0.05, 0.1) is 19.3 Å². The van der Waals surface area contributed by atoms with Crippen molar-refractivity contribution in [1.29, 1.82) is 0 Å². The summed E-state index contributed by atoms with van der Waals surface area (Å²) in [5.74, 6) is 1.52. The number of aromatic nitrogens is 2. The van der Waals surface area contributed by atoms with Crippen molar-refractivity contribution in [3.05, 3.63) is 82.0 Å². The van der Waals surface area contributed by atoms with Crippen molar-refractivity contribution < 1.29 is 19.0 Å². The van der Waals surface area contributed by atoms with Gasteiger partial charge < -0.3 is 24.1 Å². The molecule has 8 heteroatoms. The molecule has 3 heterocycles. The second-order valence-electron chi connectivity index (χ2n) is 7.32. The standard InChI is InChI=1S/C23H23N3O5/c1-15-7-9-26(13-17-5-6-19-20(10-17)30-14-29-19)23(28)21(15)22(27)25-11-16(2)31-18-4-3-8-24-12-18/h3-10,12,16H,11,13-14H2,1-2H3,(H,25,27). The average molecular weight is 421 g/mol. The Morgan fingerprint density at radius 1 is 1.26 bits per heavy atom. The Balaban J connectivity index is 1.45. The highest BCUT2D eigenvalue weighted by Gasteiger charge is 2.18. The van der Waals surface area contributed by atoms with E-state index in [-0.39, 0.29) is 30.6 Å². The normalized spacial score (nSPS) is 13.0. The predicted octanol–water partition coefficient (Wildman–Crippen LogP) is 2.53. The van der Waals surface area contributed by atoms with Gasteiger partial charge in [0.1, 0.15) is 17.4 Å². The summed E-state index contributed by atoms with van der Waals surface area (Å²) in [6.07, 6.45) is 4.67. The molecule has 0 saturated heterocycles. The Hall–Kier alpha value is -3.81. The summed E-state index contributed by atoms with van der Waals surface area (Å²) >= 11 is 0. The first-order valence-electron chi connectivity index (χ1n) is 9.94. The van der Waals surface area contributed by atoms with Crippen molar-refractivity contribution >= 4 is 5.91 Å². The van der Waals surface area contributed by atoms with Crippen LogP contribution in [0.1, 0.15) is 28.4 Å². The Bertz CT molecular complexity index is 1140. The van der Waals surface area contributed by atoms with Crippen molar-refractivity contribution in [3.8, 4) is 17.2 Å². The van der Waals surface area contributed by atoms with Crippen molar-refractivity contribution in [2.45, 2.75) is 26.5 Å². The third-order valence-corrected chi connectivity index (χ3v) is 4.91. The van der Waals surface area contributed by atoms with E-state index in [1.54, 1.807) is 43.7 Å². The van der Waals surface area contributed by atoms with Crippen molar-refractivity contribution in [2.75, 3.05) is 13.3 Å². The number of hydrogen-bond donors (Lipinski definition) is 1. The van der Waals surface area contributed by atoms with Gasteiger partial charge in [-0.2, -0.15) is 0 Å². The topological polar surface area (TPSA) is 91.7 Å². The number of carbonyl (C=O) groups excluding carboxylic acids is 1. The predicted molar refractivity (Wildman–Crippen MR) is 114 cm³/mol. The summed E-state index contributed by atoms with van der Waals surface area (Å²) in [7, 11) is 0. The van der Waals surface area contributed by atoms with Gasteiger partial charge in [-0.3, -0.25) is 14.6 Å². The molecule has 1 unspecified atom stereocenters. The van der Waals surface area contributed by atoms with E-state index in [0.717, 1.165) is 5.56 Å². The summed E-state index contributed by atoms with van der Waals surface area (Å²) in [6.45, 7) is 4.34. The molecular weight excluding hydrogens is 398 g/mol. The zero-order chi connectivity index (χ0) is 21.8. The van der Waals surface area contributed by atoms with Crippen LogP contribution in [0.2, 0.25) is 0 Å². The van der Waals surface area contributed by atoms with Gasteiger partial charge in [-0.25, -0.2) is 0 Å².